The minimum absolute atomic E-state index is 0.215. The summed E-state index contributed by atoms with van der Waals surface area (Å²) in [5.74, 6) is -0.215. The number of nitrogens with one attached hydrogen (secondary N) is 1. The van der Waals surface area contributed by atoms with Crippen molar-refractivity contribution in [3.8, 4) is 5.69 Å². The number of hydrogen-bond donors (Lipinski definition) is 1. The Bertz CT molecular complexity index is 1140. The molecule has 6 heteroatoms. The van der Waals surface area contributed by atoms with Crippen LogP contribution in [0.5, 0.6) is 0 Å². The van der Waals surface area contributed by atoms with Gasteiger partial charge in [-0.25, -0.2) is 5.43 Å². The van der Waals surface area contributed by atoms with E-state index in [-0.39, 0.29) is 5.91 Å². The number of para-hydroxylation sites is 1. The average Bonchev–Trinajstić information content (AvgIpc) is 3.08. The van der Waals surface area contributed by atoms with Crippen LogP contribution in [-0.2, 0) is 11.3 Å². The highest BCUT2D eigenvalue weighted by atomic mass is 16.5. The number of ether oxygens (including phenoxy) is 1. The van der Waals surface area contributed by atoms with Gasteiger partial charge in [0.2, 0.25) is 0 Å². The first-order valence-electron chi connectivity index (χ1n) is 11.4. The molecule has 2 heterocycles. The van der Waals surface area contributed by atoms with Crippen LogP contribution in [0.4, 0.5) is 0 Å². The van der Waals surface area contributed by atoms with Crippen LogP contribution in [0.2, 0.25) is 0 Å². The lowest BCUT2D eigenvalue weighted by Crippen LogP contribution is -2.35. The van der Waals surface area contributed by atoms with Gasteiger partial charge >= 0.3 is 0 Å². The molecule has 1 N–H and O–H groups in total. The van der Waals surface area contributed by atoms with E-state index in [0.29, 0.717) is 5.56 Å². The summed E-state index contributed by atoms with van der Waals surface area (Å²) in [4.78, 5) is 14.9. The second kappa shape index (κ2) is 10.1. The van der Waals surface area contributed by atoms with Gasteiger partial charge in [0.15, 0.2) is 0 Å². The van der Waals surface area contributed by atoms with E-state index in [0.717, 1.165) is 49.8 Å². The molecule has 0 radical (unpaired) electrons. The zero-order valence-corrected chi connectivity index (χ0v) is 19.9. The lowest BCUT2D eigenvalue weighted by Gasteiger charge is -2.26. The first kappa shape index (κ1) is 23.0. The van der Waals surface area contributed by atoms with Gasteiger partial charge in [-0.3, -0.25) is 9.69 Å². The van der Waals surface area contributed by atoms with Gasteiger partial charge in [0.05, 0.1) is 25.1 Å². The third-order valence-corrected chi connectivity index (χ3v) is 6.23. The second-order valence-corrected chi connectivity index (χ2v) is 8.69. The van der Waals surface area contributed by atoms with Crippen molar-refractivity contribution in [2.24, 2.45) is 5.10 Å². The van der Waals surface area contributed by atoms with E-state index in [2.05, 4.69) is 72.0 Å². The Morgan fingerprint density at radius 2 is 1.70 bits per heavy atom. The van der Waals surface area contributed by atoms with E-state index in [1.807, 2.05) is 24.3 Å². The maximum Gasteiger partial charge on any atom is 0.271 e. The van der Waals surface area contributed by atoms with Gasteiger partial charge in [0.1, 0.15) is 0 Å². The molecule has 0 unspecified atom stereocenters. The number of hydrogen-bond acceptors (Lipinski definition) is 4. The lowest BCUT2D eigenvalue weighted by atomic mass is 10.1. The second-order valence-electron chi connectivity index (χ2n) is 8.69. The SMILES string of the molecule is Cc1cccc(C)c1-n1c(C)cc(/C=N\NC(=O)c2ccc(CN3CCOCC3)cc2)c1C. The number of nitrogens with zero attached hydrogens (tertiary/aromatic N) is 3. The van der Waals surface area contributed by atoms with Gasteiger partial charge in [-0.2, -0.15) is 5.10 Å². The molecule has 2 aromatic carbocycles. The molecular weight excluding hydrogens is 412 g/mol. The first-order valence-corrected chi connectivity index (χ1v) is 11.4. The van der Waals surface area contributed by atoms with Gasteiger partial charge in [-0.1, -0.05) is 30.3 Å². The van der Waals surface area contributed by atoms with E-state index in [1.54, 1.807) is 6.21 Å². The molecule has 6 nitrogen and oxygen atoms in total. The standard InChI is InChI=1S/C27H32N4O2/c1-19-6-5-7-20(2)26(19)31-21(3)16-25(22(31)4)17-28-29-27(32)24-10-8-23(9-11-24)18-30-12-14-33-15-13-30/h5-11,16-17H,12-15,18H2,1-4H3,(H,29,32)/b28-17-. The Kier molecular flexibility index (Phi) is 7.06. The van der Waals surface area contributed by atoms with Crippen molar-refractivity contribution < 1.29 is 9.53 Å². The number of hydrazone groups is 1. The van der Waals surface area contributed by atoms with Gasteiger partial charge in [-0.15, -0.1) is 0 Å². The minimum Gasteiger partial charge on any atom is -0.379 e. The number of carbonyl (C=O) groups excluding carboxylic acids is 1. The van der Waals surface area contributed by atoms with Gasteiger partial charge in [0, 0.05) is 42.1 Å². The quantitative estimate of drug-likeness (QED) is 0.455. The van der Waals surface area contributed by atoms with E-state index < -0.39 is 0 Å². The summed E-state index contributed by atoms with van der Waals surface area (Å²) >= 11 is 0. The monoisotopic (exact) mass is 444 g/mol. The molecule has 1 aliphatic rings. The molecule has 1 saturated heterocycles. The largest absolute Gasteiger partial charge is 0.379 e. The van der Waals surface area contributed by atoms with Crippen LogP contribution in [0.25, 0.3) is 5.69 Å². The zero-order valence-electron chi connectivity index (χ0n) is 19.9. The van der Waals surface area contributed by atoms with E-state index in [9.17, 15) is 4.79 Å². The van der Waals surface area contributed by atoms with Gasteiger partial charge in [-0.05, 0) is 62.6 Å². The van der Waals surface area contributed by atoms with Crippen LogP contribution in [0, 0.1) is 27.7 Å². The van der Waals surface area contributed by atoms with Crippen molar-refractivity contribution in [2.75, 3.05) is 26.3 Å². The minimum atomic E-state index is -0.215. The summed E-state index contributed by atoms with van der Waals surface area (Å²) < 4.78 is 7.65. The normalized spacial score (nSPS) is 14.7. The molecule has 1 fully saturated rings. The highest BCUT2D eigenvalue weighted by molar-refractivity contribution is 5.95. The maximum atomic E-state index is 12.5. The maximum absolute atomic E-state index is 12.5. The Hall–Kier alpha value is -3.22. The van der Waals surface area contributed by atoms with E-state index in [4.69, 9.17) is 4.74 Å². The molecule has 0 aliphatic carbocycles. The molecular formula is C27H32N4O2. The fraction of sp³-hybridized carbons (Fsp3) is 0.333. The number of rotatable bonds is 6. The molecule has 33 heavy (non-hydrogen) atoms. The van der Waals surface area contributed by atoms with Gasteiger partial charge in [0.25, 0.3) is 5.91 Å². The first-order chi connectivity index (χ1) is 15.9. The average molecular weight is 445 g/mol. The van der Waals surface area contributed by atoms with Crippen LogP contribution >= 0.6 is 0 Å². The van der Waals surface area contributed by atoms with Crippen LogP contribution in [-0.4, -0.2) is 47.9 Å². The predicted octanol–water partition coefficient (Wildman–Crippen LogP) is 4.31. The Balaban J connectivity index is 1.41. The fourth-order valence-electron chi connectivity index (χ4n) is 4.42. The Morgan fingerprint density at radius 3 is 2.36 bits per heavy atom. The summed E-state index contributed by atoms with van der Waals surface area (Å²) in [5.41, 5.74) is 11.3. The number of benzene rings is 2. The summed E-state index contributed by atoms with van der Waals surface area (Å²) in [7, 11) is 0. The molecule has 0 spiro atoms. The van der Waals surface area contributed by atoms with Gasteiger partial charge < -0.3 is 9.30 Å². The fourth-order valence-corrected chi connectivity index (χ4v) is 4.42. The molecule has 0 saturated carbocycles. The zero-order chi connectivity index (χ0) is 23.4. The van der Waals surface area contributed by atoms with E-state index >= 15 is 0 Å². The molecule has 172 valence electrons. The number of aromatic nitrogens is 1. The van der Waals surface area contributed by atoms with Crippen LogP contribution in [0.1, 0.15) is 44.0 Å². The smallest absolute Gasteiger partial charge is 0.271 e. The molecule has 3 aromatic rings. The highest BCUT2D eigenvalue weighted by Gasteiger charge is 2.14. The summed E-state index contributed by atoms with van der Waals surface area (Å²) in [6.07, 6.45) is 1.72. The third kappa shape index (κ3) is 5.24. The Morgan fingerprint density at radius 1 is 1.03 bits per heavy atom. The van der Waals surface area contributed by atoms with Crippen molar-refractivity contribution in [1.82, 2.24) is 14.9 Å². The summed E-state index contributed by atoms with van der Waals surface area (Å²) in [5, 5.41) is 4.23. The molecule has 4 rings (SSSR count). The van der Waals surface area contributed by atoms with Crippen molar-refractivity contribution in [2.45, 2.75) is 34.2 Å². The Labute approximate surface area is 195 Å². The third-order valence-electron chi connectivity index (χ3n) is 6.23. The van der Waals surface area contributed by atoms with Crippen LogP contribution in [0.15, 0.2) is 53.6 Å². The molecule has 0 bridgehead atoms. The molecule has 1 amide bonds. The molecule has 0 atom stereocenters. The van der Waals surface area contributed by atoms with E-state index in [1.165, 1.54) is 22.4 Å². The lowest BCUT2D eigenvalue weighted by molar-refractivity contribution is 0.0342. The molecule has 1 aliphatic heterocycles. The summed E-state index contributed by atoms with van der Waals surface area (Å²) in [6.45, 7) is 12.8. The van der Waals surface area contributed by atoms with Crippen molar-refractivity contribution in [3.63, 3.8) is 0 Å². The predicted molar refractivity (Wildman–Crippen MR) is 132 cm³/mol. The van der Waals surface area contributed by atoms with Crippen molar-refractivity contribution >= 4 is 12.1 Å². The van der Waals surface area contributed by atoms with Crippen LogP contribution < -0.4 is 5.43 Å². The number of aryl methyl sites for hydroxylation is 3. The van der Waals surface area contributed by atoms with Crippen LogP contribution in [0.3, 0.4) is 0 Å². The number of morpholine rings is 1. The summed E-state index contributed by atoms with van der Waals surface area (Å²) in [6, 6.07) is 16.1. The topological polar surface area (TPSA) is 58.9 Å². The molecule has 1 aromatic heterocycles. The number of amides is 1. The number of carbonyl (C=O) groups is 1. The van der Waals surface area contributed by atoms with Crippen molar-refractivity contribution in [3.05, 3.63) is 87.7 Å². The highest BCUT2D eigenvalue weighted by Crippen LogP contribution is 2.25. The van der Waals surface area contributed by atoms with Crippen molar-refractivity contribution in [1.29, 1.82) is 0 Å².